The normalized spacial score (nSPS) is 22.8. The van der Waals surface area contributed by atoms with Crippen molar-refractivity contribution in [1.82, 2.24) is 10.2 Å². The molecule has 1 saturated carbocycles. The number of piperazine rings is 1. The molecule has 1 aromatic rings. The van der Waals surface area contributed by atoms with Crippen molar-refractivity contribution in [3.8, 4) is 0 Å². The van der Waals surface area contributed by atoms with Crippen LogP contribution in [0.5, 0.6) is 0 Å². The number of rotatable bonds is 3. The number of alkyl halides is 3. The van der Waals surface area contributed by atoms with Gasteiger partial charge in [0.1, 0.15) is 0 Å². The fraction of sp³-hybridized carbons (Fsp3) is 0.600. The number of hydrogen-bond acceptors (Lipinski definition) is 2. The monoisotopic (exact) mass is 284 g/mol. The van der Waals surface area contributed by atoms with Gasteiger partial charge in [-0.05, 0) is 30.4 Å². The van der Waals surface area contributed by atoms with E-state index in [9.17, 15) is 13.2 Å². The van der Waals surface area contributed by atoms with Crippen molar-refractivity contribution in [1.29, 1.82) is 0 Å². The van der Waals surface area contributed by atoms with Gasteiger partial charge in [-0.1, -0.05) is 18.2 Å². The van der Waals surface area contributed by atoms with Gasteiger partial charge in [-0.25, -0.2) is 0 Å². The van der Waals surface area contributed by atoms with Crippen molar-refractivity contribution in [2.24, 2.45) is 5.92 Å². The zero-order valence-corrected chi connectivity index (χ0v) is 11.3. The Balaban J connectivity index is 1.95. The Hall–Kier alpha value is -1.07. The molecule has 20 heavy (non-hydrogen) atoms. The van der Waals surface area contributed by atoms with E-state index in [-0.39, 0.29) is 6.04 Å². The van der Waals surface area contributed by atoms with Gasteiger partial charge in [0.25, 0.3) is 0 Å². The lowest BCUT2D eigenvalue weighted by atomic mass is 9.94. The zero-order valence-electron chi connectivity index (χ0n) is 11.3. The van der Waals surface area contributed by atoms with Gasteiger partial charge in [0.15, 0.2) is 0 Å². The third-order valence-corrected chi connectivity index (χ3v) is 4.20. The molecule has 0 radical (unpaired) electrons. The maximum atomic E-state index is 13.2. The Morgan fingerprint density at radius 1 is 1.10 bits per heavy atom. The molecule has 0 spiro atoms. The molecule has 0 aromatic heterocycles. The summed E-state index contributed by atoms with van der Waals surface area (Å²) in [5.74, 6) is 0.386. The molecule has 1 aromatic carbocycles. The fourth-order valence-electron chi connectivity index (χ4n) is 3.13. The Labute approximate surface area is 117 Å². The summed E-state index contributed by atoms with van der Waals surface area (Å²) in [6, 6.07) is 6.01. The van der Waals surface area contributed by atoms with Gasteiger partial charge < -0.3 is 5.32 Å². The minimum absolute atomic E-state index is 0.0741. The van der Waals surface area contributed by atoms with Crippen molar-refractivity contribution < 1.29 is 13.2 Å². The Bertz CT molecular complexity index is 462. The van der Waals surface area contributed by atoms with Crippen LogP contribution in [-0.2, 0) is 6.18 Å². The molecule has 1 aliphatic carbocycles. The van der Waals surface area contributed by atoms with Crippen LogP contribution in [0.3, 0.4) is 0 Å². The van der Waals surface area contributed by atoms with Crippen LogP contribution in [0.1, 0.15) is 30.0 Å². The summed E-state index contributed by atoms with van der Waals surface area (Å²) in [6.45, 7) is 3.37. The molecule has 1 aliphatic heterocycles. The largest absolute Gasteiger partial charge is 0.416 e. The first kappa shape index (κ1) is 13.9. The van der Waals surface area contributed by atoms with Gasteiger partial charge in [0.05, 0.1) is 5.56 Å². The second kappa shape index (κ2) is 5.37. The summed E-state index contributed by atoms with van der Waals surface area (Å²) in [6.07, 6.45) is -2.18. The highest BCUT2D eigenvalue weighted by molar-refractivity contribution is 5.33. The standard InChI is InChI=1S/C15H19F3N2/c16-15(17,18)13-4-2-1-3-12(13)14(11-5-6-11)20-9-7-19-8-10-20/h1-4,11,14,19H,5-10H2/t14-/m1/s1. The number of halogens is 3. The van der Waals surface area contributed by atoms with Crippen LogP contribution < -0.4 is 5.32 Å². The average Bonchev–Trinajstić information content (AvgIpc) is 3.24. The van der Waals surface area contributed by atoms with Gasteiger partial charge in [-0.2, -0.15) is 13.2 Å². The summed E-state index contributed by atoms with van der Waals surface area (Å²) in [4.78, 5) is 2.22. The van der Waals surface area contributed by atoms with E-state index >= 15 is 0 Å². The first-order valence-electron chi connectivity index (χ1n) is 7.18. The van der Waals surface area contributed by atoms with E-state index in [2.05, 4.69) is 10.2 Å². The van der Waals surface area contributed by atoms with Gasteiger partial charge in [-0.15, -0.1) is 0 Å². The van der Waals surface area contributed by atoms with Gasteiger partial charge in [0, 0.05) is 32.2 Å². The molecule has 2 nitrogen and oxygen atoms in total. The summed E-state index contributed by atoms with van der Waals surface area (Å²) in [5.41, 5.74) is -0.000155. The molecule has 1 heterocycles. The maximum absolute atomic E-state index is 13.2. The van der Waals surface area contributed by atoms with E-state index in [0.717, 1.165) is 39.0 Å². The predicted octanol–water partition coefficient (Wildman–Crippen LogP) is 3.06. The third kappa shape index (κ3) is 2.83. The topological polar surface area (TPSA) is 15.3 Å². The molecule has 0 bridgehead atoms. The molecule has 5 heteroatoms. The quantitative estimate of drug-likeness (QED) is 0.917. The molecular weight excluding hydrogens is 265 g/mol. The molecule has 1 atom stereocenters. The van der Waals surface area contributed by atoms with Gasteiger partial charge in [-0.3, -0.25) is 4.90 Å². The van der Waals surface area contributed by atoms with Crippen LogP contribution in [0, 0.1) is 5.92 Å². The highest BCUT2D eigenvalue weighted by Crippen LogP contribution is 2.47. The highest BCUT2D eigenvalue weighted by atomic mass is 19.4. The molecule has 3 rings (SSSR count). The number of hydrogen-bond donors (Lipinski definition) is 1. The van der Waals surface area contributed by atoms with E-state index in [1.54, 1.807) is 12.1 Å². The Morgan fingerprint density at radius 2 is 1.75 bits per heavy atom. The van der Waals surface area contributed by atoms with Crippen molar-refractivity contribution in [2.45, 2.75) is 25.1 Å². The highest BCUT2D eigenvalue weighted by Gasteiger charge is 2.42. The molecule has 1 N–H and O–H groups in total. The lowest BCUT2D eigenvalue weighted by Gasteiger charge is -2.36. The average molecular weight is 284 g/mol. The smallest absolute Gasteiger partial charge is 0.314 e. The summed E-state index contributed by atoms with van der Waals surface area (Å²) >= 11 is 0. The summed E-state index contributed by atoms with van der Waals surface area (Å²) in [7, 11) is 0. The summed E-state index contributed by atoms with van der Waals surface area (Å²) in [5, 5.41) is 3.26. The van der Waals surface area contributed by atoms with E-state index in [4.69, 9.17) is 0 Å². The van der Waals surface area contributed by atoms with Crippen molar-refractivity contribution in [2.75, 3.05) is 26.2 Å². The van der Waals surface area contributed by atoms with Crippen LogP contribution in [0.25, 0.3) is 0 Å². The Morgan fingerprint density at radius 3 is 2.35 bits per heavy atom. The van der Waals surface area contributed by atoms with E-state index in [1.165, 1.54) is 12.1 Å². The first-order chi connectivity index (χ1) is 9.57. The molecule has 2 fully saturated rings. The fourth-order valence-corrected chi connectivity index (χ4v) is 3.13. The Kier molecular flexibility index (Phi) is 3.73. The third-order valence-electron chi connectivity index (χ3n) is 4.20. The minimum atomic E-state index is -4.27. The van der Waals surface area contributed by atoms with Crippen LogP contribution in [0.15, 0.2) is 24.3 Å². The van der Waals surface area contributed by atoms with Crippen molar-refractivity contribution >= 4 is 0 Å². The van der Waals surface area contributed by atoms with E-state index in [1.807, 2.05) is 0 Å². The number of benzene rings is 1. The van der Waals surface area contributed by atoms with E-state index in [0.29, 0.717) is 11.5 Å². The predicted molar refractivity (Wildman–Crippen MR) is 71.4 cm³/mol. The lowest BCUT2D eigenvalue weighted by Crippen LogP contribution is -2.46. The van der Waals surface area contributed by atoms with Gasteiger partial charge in [0.2, 0.25) is 0 Å². The minimum Gasteiger partial charge on any atom is -0.314 e. The number of nitrogens with one attached hydrogen (secondary N) is 1. The summed E-state index contributed by atoms with van der Waals surface area (Å²) < 4.78 is 39.7. The van der Waals surface area contributed by atoms with Crippen LogP contribution >= 0.6 is 0 Å². The van der Waals surface area contributed by atoms with E-state index < -0.39 is 11.7 Å². The first-order valence-corrected chi connectivity index (χ1v) is 7.18. The van der Waals surface area contributed by atoms with Crippen molar-refractivity contribution in [3.63, 3.8) is 0 Å². The second-order valence-electron chi connectivity index (χ2n) is 5.65. The van der Waals surface area contributed by atoms with Crippen LogP contribution in [0.4, 0.5) is 13.2 Å². The molecule has 1 saturated heterocycles. The molecule has 110 valence electrons. The van der Waals surface area contributed by atoms with Crippen LogP contribution in [-0.4, -0.2) is 31.1 Å². The molecule has 2 aliphatic rings. The van der Waals surface area contributed by atoms with Crippen LogP contribution in [0.2, 0.25) is 0 Å². The SMILES string of the molecule is FC(F)(F)c1ccccc1[C@@H](C1CC1)N1CCNCC1. The zero-order chi connectivity index (χ0) is 14.2. The molecular formula is C15H19F3N2. The number of nitrogens with zero attached hydrogens (tertiary/aromatic N) is 1. The van der Waals surface area contributed by atoms with Gasteiger partial charge >= 0.3 is 6.18 Å². The molecule has 0 amide bonds. The lowest BCUT2D eigenvalue weighted by molar-refractivity contribution is -0.138. The molecule has 0 unspecified atom stereocenters. The second-order valence-corrected chi connectivity index (χ2v) is 5.65. The van der Waals surface area contributed by atoms with Crippen molar-refractivity contribution in [3.05, 3.63) is 35.4 Å². The maximum Gasteiger partial charge on any atom is 0.416 e.